The first-order valence-electron chi connectivity index (χ1n) is 6.96. The van der Waals surface area contributed by atoms with Crippen molar-refractivity contribution in [2.45, 2.75) is 53.6 Å². The van der Waals surface area contributed by atoms with Gasteiger partial charge in [-0.3, -0.25) is 4.79 Å². The summed E-state index contributed by atoms with van der Waals surface area (Å²) in [5.74, 6) is 0.609. The molecule has 0 aliphatic rings. The highest BCUT2D eigenvalue weighted by Crippen LogP contribution is 2.01. The molecule has 0 radical (unpaired) electrons. The number of hydrogen-bond acceptors (Lipinski definition) is 2. The summed E-state index contributed by atoms with van der Waals surface area (Å²) in [4.78, 5) is 12.3. The molecule has 0 aliphatic heterocycles. The van der Waals surface area contributed by atoms with Gasteiger partial charge in [0.1, 0.15) is 0 Å². The summed E-state index contributed by atoms with van der Waals surface area (Å²) in [5, 5.41) is 3.33. The van der Waals surface area contributed by atoms with Crippen LogP contribution in [-0.2, 0) is 13.1 Å². The third-order valence-electron chi connectivity index (χ3n) is 3.07. The summed E-state index contributed by atoms with van der Waals surface area (Å²) < 4.78 is 1.90. The van der Waals surface area contributed by atoms with Crippen LogP contribution in [0.3, 0.4) is 0 Å². The molecule has 0 aliphatic carbocycles. The molecule has 0 aromatic carbocycles. The zero-order valence-corrected chi connectivity index (χ0v) is 12.1. The molecule has 1 aromatic rings. The number of rotatable bonds is 7. The quantitative estimate of drug-likeness (QED) is 0.807. The Bertz CT molecular complexity index is 421. The molecule has 1 heterocycles. The highest BCUT2D eigenvalue weighted by atomic mass is 16.1. The van der Waals surface area contributed by atoms with Gasteiger partial charge in [-0.1, -0.05) is 33.3 Å². The Labute approximate surface area is 110 Å². The second-order valence-corrected chi connectivity index (χ2v) is 5.34. The zero-order chi connectivity index (χ0) is 13.5. The molecule has 18 heavy (non-hydrogen) atoms. The van der Waals surface area contributed by atoms with Gasteiger partial charge < -0.3 is 9.88 Å². The van der Waals surface area contributed by atoms with Crippen molar-refractivity contribution in [1.29, 1.82) is 0 Å². The van der Waals surface area contributed by atoms with Gasteiger partial charge in [0.25, 0.3) is 5.56 Å². The van der Waals surface area contributed by atoms with Crippen molar-refractivity contribution >= 4 is 0 Å². The van der Waals surface area contributed by atoms with Gasteiger partial charge >= 0.3 is 0 Å². The Morgan fingerprint density at radius 3 is 2.67 bits per heavy atom. The first kappa shape index (κ1) is 15.0. The van der Waals surface area contributed by atoms with Crippen LogP contribution in [0.25, 0.3) is 0 Å². The van der Waals surface area contributed by atoms with Crippen LogP contribution in [0.2, 0.25) is 0 Å². The fraction of sp³-hybridized carbons (Fsp3) is 0.667. The molecule has 0 unspecified atom stereocenters. The molecule has 0 bridgehead atoms. The monoisotopic (exact) mass is 250 g/mol. The maximum absolute atomic E-state index is 12.3. The van der Waals surface area contributed by atoms with Gasteiger partial charge in [-0.25, -0.2) is 0 Å². The van der Waals surface area contributed by atoms with E-state index < -0.39 is 0 Å². The first-order chi connectivity index (χ1) is 8.56. The average molecular weight is 250 g/mol. The smallest absolute Gasteiger partial charge is 0.255 e. The van der Waals surface area contributed by atoms with Crippen LogP contribution in [-0.4, -0.2) is 11.1 Å². The molecule has 3 heteroatoms. The van der Waals surface area contributed by atoms with E-state index in [2.05, 4.69) is 26.1 Å². The minimum Gasteiger partial charge on any atom is -0.313 e. The van der Waals surface area contributed by atoms with Crippen molar-refractivity contribution in [3.05, 3.63) is 33.7 Å². The van der Waals surface area contributed by atoms with Crippen molar-refractivity contribution in [3.8, 4) is 0 Å². The van der Waals surface area contributed by atoms with E-state index in [-0.39, 0.29) is 5.56 Å². The van der Waals surface area contributed by atoms with Crippen LogP contribution >= 0.6 is 0 Å². The van der Waals surface area contributed by atoms with Gasteiger partial charge in [-0.2, -0.15) is 0 Å². The lowest BCUT2D eigenvalue weighted by Gasteiger charge is -2.12. The van der Waals surface area contributed by atoms with Crippen LogP contribution < -0.4 is 10.9 Å². The molecule has 0 atom stereocenters. The number of nitrogens with one attached hydrogen (secondary N) is 1. The maximum Gasteiger partial charge on any atom is 0.255 e. The summed E-state index contributed by atoms with van der Waals surface area (Å²) in [6.45, 7) is 10.9. The fourth-order valence-electron chi connectivity index (χ4n) is 1.94. The second kappa shape index (κ2) is 7.37. The molecule has 0 saturated heterocycles. The SMILES string of the molecule is CCCCn1c(C)ccc(CNCC(C)C)c1=O. The summed E-state index contributed by atoms with van der Waals surface area (Å²) in [7, 11) is 0. The Morgan fingerprint density at radius 1 is 1.33 bits per heavy atom. The van der Waals surface area contributed by atoms with Crippen molar-refractivity contribution in [3.63, 3.8) is 0 Å². The van der Waals surface area contributed by atoms with Crippen molar-refractivity contribution in [1.82, 2.24) is 9.88 Å². The second-order valence-electron chi connectivity index (χ2n) is 5.34. The summed E-state index contributed by atoms with van der Waals surface area (Å²) >= 11 is 0. The summed E-state index contributed by atoms with van der Waals surface area (Å²) in [5.41, 5.74) is 2.10. The predicted molar refractivity (Wildman–Crippen MR) is 76.9 cm³/mol. The molecule has 1 rings (SSSR count). The number of unbranched alkanes of at least 4 members (excludes halogenated alkanes) is 1. The molecule has 1 N–H and O–H groups in total. The van der Waals surface area contributed by atoms with Crippen molar-refractivity contribution in [2.24, 2.45) is 5.92 Å². The van der Waals surface area contributed by atoms with Crippen molar-refractivity contribution in [2.75, 3.05) is 6.54 Å². The van der Waals surface area contributed by atoms with E-state index in [0.717, 1.165) is 37.2 Å². The molecule has 0 fully saturated rings. The predicted octanol–water partition coefficient (Wildman–Crippen LogP) is 2.70. The third kappa shape index (κ3) is 4.30. The normalized spacial score (nSPS) is 11.2. The van der Waals surface area contributed by atoms with Crippen LogP contribution in [0.15, 0.2) is 16.9 Å². The van der Waals surface area contributed by atoms with Crippen LogP contribution in [0.1, 0.15) is 44.9 Å². The molecule has 3 nitrogen and oxygen atoms in total. The minimum atomic E-state index is 0.166. The van der Waals surface area contributed by atoms with E-state index in [1.54, 1.807) is 0 Å². The highest BCUT2D eigenvalue weighted by Gasteiger charge is 2.06. The fourth-order valence-corrected chi connectivity index (χ4v) is 1.94. The largest absolute Gasteiger partial charge is 0.313 e. The standard InChI is InChI=1S/C15H26N2O/c1-5-6-9-17-13(4)7-8-14(15(17)18)11-16-10-12(2)3/h7-8,12,16H,5-6,9-11H2,1-4H3. The molecular formula is C15H26N2O. The number of nitrogens with zero attached hydrogens (tertiary/aromatic N) is 1. The van der Waals surface area contributed by atoms with Gasteiger partial charge in [0.2, 0.25) is 0 Å². The maximum atomic E-state index is 12.3. The third-order valence-corrected chi connectivity index (χ3v) is 3.07. The van der Waals surface area contributed by atoms with Gasteiger partial charge in [0, 0.05) is 24.3 Å². The van der Waals surface area contributed by atoms with Gasteiger partial charge in [-0.05, 0) is 31.9 Å². The van der Waals surface area contributed by atoms with Gasteiger partial charge in [0.05, 0.1) is 0 Å². The highest BCUT2D eigenvalue weighted by molar-refractivity contribution is 5.15. The van der Waals surface area contributed by atoms with Crippen LogP contribution in [0, 0.1) is 12.8 Å². The van der Waals surface area contributed by atoms with Gasteiger partial charge in [0.15, 0.2) is 0 Å². The summed E-state index contributed by atoms with van der Waals surface area (Å²) in [6.07, 6.45) is 2.17. The Kier molecular flexibility index (Phi) is 6.13. The van der Waals surface area contributed by atoms with E-state index in [9.17, 15) is 4.79 Å². The Balaban J connectivity index is 2.77. The molecule has 1 aromatic heterocycles. The van der Waals surface area contributed by atoms with E-state index in [1.807, 2.05) is 23.6 Å². The Morgan fingerprint density at radius 2 is 2.06 bits per heavy atom. The molecule has 102 valence electrons. The molecule has 0 saturated carbocycles. The lowest BCUT2D eigenvalue weighted by atomic mass is 10.2. The Hall–Kier alpha value is -1.09. The molecule has 0 spiro atoms. The topological polar surface area (TPSA) is 34.0 Å². The summed E-state index contributed by atoms with van der Waals surface area (Å²) in [6, 6.07) is 4.00. The molecule has 0 amide bonds. The minimum absolute atomic E-state index is 0.166. The van der Waals surface area contributed by atoms with Crippen molar-refractivity contribution < 1.29 is 0 Å². The number of pyridine rings is 1. The lowest BCUT2D eigenvalue weighted by molar-refractivity contribution is 0.543. The van der Waals surface area contributed by atoms with E-state index in [0.29, 0.717) is 12.5 Å². The number of aryl methyl sites for hydroxylation is 1. The first-order valence-corrected chi connectivity index (χ1v) is 6.96. The van der Waals surface area contributed by atoms with E-state index >= 15 is 0 Å². The van der Waals surface area contributed by atoms with Gasteiger partial charge in [-0.15, -0.1) is 0 Å². The van der Waals surface area contributed by atoms with E-state index in [1.165, 1.54) is 0 Å². The number of aromatic nitrogens is 1. The lowest BCUT2D eigenvalue weighted by Crippen LogP contribution is -2.29. The van der Waals surface area contributed by atoms with E-state index in [4.69, 9.17) is 0 Å². The van der Waals surface area contributed by atoms with Crippen LogP contribution in [0.4, 0.5) is 0 Å². The van der Waals surface area contributed by atoms with Crippen LogP contribution in [0.5, 0.6) is 0 Å². The average Bonchev–Trinajstić information content (AvgIpc) is 2.31. The number of hydrogen-bond donors (Lipinski definition) is 1. The molecular weight excluding hydrogens is 224 g/mol. The zero-order valence-electron chi connectivity index (χ0n) is 12.1.